The van der Waals surface area contributed by atoms with Gasteiger partial charge in [0.25, 0.3) is 0 Å². The van der Waals surface area contributed by atoms with E-state index in [1.807, 2.05) is 6.92 Å². The normalized spacial score (nSPS) is 15.8. The molecule has 0 unspecified atom stereocenters. The summed E-state index contributed by atoms with van der Waals surface area (Å²) in [6.07, 6.45) is 0.728. The Kier molecular flexibility index (Phi) is 4.59. The van der Waals surface area contributed by atoms with Crippen LogP contribution in [0.4, 0.5) is 22.0 Å². The van der Waals surface area contributed by atoms with Crippen molar-refractivity contribution in [3.05, 3.63) is 34.6 Å². The Labute approximate surface area is 113 Å². The Balaban J connectivity index is 2.31. The summed E-state index contributed by atoms with van der Waals surface area (Å²) in [6.45, 7) is 3.43. The zero-order chi connectivity index (χ0) is 14.9. The van der Waals surface area contributed by atoms with Crippen LogP contribution in [0, 0.1) is 29.1 Å². The first-order chi connectivity index (χ1) is 9.47. The van der Waals surface area contributed by atoms with Gasteiger partial charge in [-0.25, -0.2) is 22.0 Å². The molecule has 1 heterocycles. The van der Waals surface area contributed by atoms with Crippen LogP contribution in [-0.2, 0) is 6.54 Å². The minimum Gasteiger partial charge on any atom is -0.314 e. The summed E-state index contributed by atoms with van der Waals surface area (Å²) in [5.41, 5.74) is -0.762. The van der Waals surface area contributed by atoms with Crippen LogP contribution < -0.4 is 5.32 Å². The maximum Gasteiger partial charge on any atom is 0.200 e. The van der Waals surface area contributed by atoms with Gasteiger partial charge in [-0.3, -0.25) is 4.90 Å². The molecule has 2 rings (SSSR count). The summed E-state index contributed by atoms with van der Waals surface area (Å²) < 4.78 is 66.5. The Bertz CT molecular complexity index is 473. The highest BCUT2D eigenvalue weighted by atomic mass is 19.2. The fraction of sp³-hybridized carbons (Fsp3) is 0.538. The van der Waals surface area contributed by atoms with Crippen LogP contribution in [0.3, 0.4) is 0 Å². The van der Waals surface area contributed by atoms with Gasteiger partial charge in [0.05, 0.1) is 0 Å². The first-order valence-electron chi connectivity index (χ1n) is 6.42. The van der Waals surface area contributed by atoms with E-state index in [1.54, 1.807) is 4.90 Å². The van der Waals surface area contributed by atoms with Crippen molar-refractivity contribution in [2.45, 2.75) is 25.9 Å². The summed E-state index contributed by atoms with van der Waals surface area (Å²) in [5.74, 6) is -9.37. The van der Waals surface area contributed by atoms with E-state index in [0.717, 1.165) is 6.42 Å². The SMILES string of the molecule is CCCN(Cc1c(F)c(F)c(F)c(F)c1F)C1CNC1. The monoisotopic (exact) mass is 294 g/mol. The number of hydrogen-bond acceptors (Lipinski definition) is 2. The van der Waals surface area contributed by atoms with E-state index in [-0.39, 0.29) is 12.6 Å². The summed E-state index contributed by atoms with van der Waals surface area (Å²) in [5, 5.41) is 3.01. The molecule has 0 aliphatic carbocycles. The molecule has 0 aromatic heterocycles. The molecule has 7 heteroatoms. The molecule has 0 radical (unpaired) electrons. The lowest BCUT2D eigenvalue weighted by atomic mass is 10.1. The van der Waals surface area contributed by atoms with Gasteiger partial charge in [0.1, 0.15) is 0 Å². The highest BCUT2D eigenvalue weighted by molar-refractivity contribution is 5.24. The number of hydrogen-bond donors (Lipinski definition) is 1. The summed E-state index contributed by atoms with van der Waals surface area (Å²) in [4.78, 5) is 1.73. The summed E-state index contributed by atoms with van der Waals surface area (Å²) in [6, 6.07) is 0.0601. The molecule has 1 N–H and O–H groups in total. The van der Waals surface area contributed by atoms with Crippen molar-refractivity contribution in [3.63, 3.8) is 0 Å². The number of halogens is 5. The Morgan fingerprint density at radius 2 is 1.45 bits per heavy atom. The topological polar surface area (TPSA) is 15.3 Å². The maximum atomic E-state index is 13.6. The van der Waals surface area contributed by atoms with E-state index in [4.69, 9.17) is 0 Å². The quantitative estimate of drug-likeness (QED) is 0.510. The van der Waals surface area contributed by atoms with E-state index >= 15 is 0 Å². The van der Waals surface area contributed by atoms with Crippen LogP contribution in [0.5, 0.6) is 0 Å². The third-order valence-electron chi connectivity index (χ3n) is 3.45. The summed E-state index contributed by atoms with van der Waals surface area (Å²) in [7, 11) is 0. The van der Waals surface area contributed by atoms with Gasteiger partial charge >= 0.3 is 0 Å². The van der Waals surface area contributed by atoms with E-state index in [0.29, 0.717) is 19.6 Å². The molecule has 1 aliphatic rings. The highest BCUT2D eigenvalue weighted by Gasteiger charge is 2.30. The van der Waals surface area contributed by atoms with E-state index in [9.17, 15) is 22.0 Å². The van der Waals surface area contributed by atoms with Crippen molar-refractivity contribution in [3.8, 4) is 0 Å². The fourth-order valence-corrected chi connectivity index (χ4v) is 2.20. The average Bonchev–Trinajstić information content (AvgIpc) is 2.37. The van der Waals surface area contributed by atoms with Crippen LogP contribution >= 0.6 is 0 Å². The number of nitrogens with one attached hydrogen (secondary N) is 1. The molecule has 0 atom stereocenters. The van der Waals surface area contributed by atoms with Gasteiger partial charge in [-0.05, 0) is 13.0 Å². The van der Waals surface area contributed by atoms with Gasteiger partial charge in [0.2, 0.25) is 5.82 Å². The van der Waals surface area contributed by atoms with Gasteiger partial charge < -0.3 is 5.32 Å². The molecule has 0 bridgehead atoms. The fourth-order valence-electron chi connectivity index (χ4n) is 2.20. The summed E-state index contributed by atoms with van der Waals surface area (Å²) >= 11 is 0. The molecule has 2 nitrogen and oxygen atoms in total. The second-order valence-corrected chi connectivity index (χ2v) is 4.83. The zero-order valence-corrected chi connectivity index (χ0v) is 10.9. The molecule has 1 aliphatic heterocycles. The van der Waals surface area contributed by atoms with Crippen LogP contribution in [0.15, 0.2) is 0 Å². The van der Waals surface area contributed by atoms with E-state index < -0.39 is 34.6 Å². The smallest absolute Gasteiger partial charge is 0.200 e. The van der Waals surface area contributed by atoms with Gasteiger partial charge in [-0.15, -0.1) is 0 Å². The molecular weight excluding hydrogens is 279 g/mol. The number of rotatable bonds is 5. The first kappa shape index (κ1) is 15.2. The van der Waals surface area contributed by atoms with Gasteiger partial charge in [-0.2, -0.15) is 0 Å². The van der Waals surface area contributed by atoms with Crippen LogP contribution in [0.1, 0.15) is 18.9 Å². The maximum absolute atomic E-state index is 13.6. The van der Waals surface area contributed by atoms with Crippen LogP contribution in [0.2, 0.25) is 0 Å². The lowest BCUT2D eigenvalue weighted by Crippen LogP contribution is -2.57. The third-order valence-corrected chi connectivity index (χ3v) is 3.45. The number of nitrogens with zero attached hydrogens (tertiary/aromatic N) is 1. The van der Waals surface area contributed by atoms with Crippen molar-refractivity contribution in [2.75, 3.05) is 19.6 Å². The van der Waals surface area contributed by atoms with Crippen molar-refractivity contribution in [1.29, 1.82) is 0 Å². The lowest BCUT2D eigenvalue weighted by Gasteiger charge is -2.38. The molecule has 0 spiro atoms. The average molecular weight is 294 g/mol. The van der Waals surface area contributed by atoms with Crippen LogP contribution in [-0.4, -0.2) is 30.6 Å². The predicted molar refractivity (Wildman–Crippen MR) is 63.6 cm³/mol. The van der Waals surface area contributed by atoms with Crippen LogP contribution in [0.25, 0.3) is 0 Å². The van der Waals surface area contributed by atoms with Gasteiger partial charge in [-0.1, -0.05) is 6.92 Å². The molecule has 1 aromatic rings. The predicted octanol–water partition coefficient (Wildman–Crippen LogP) is 2.57. The third kappa shape index (κ3) is 2.64. The molecule has 1 aromatic carbocycles. The number of benzene rings is 1. The van der Waals surface area contributed by atoms with E-state index in [1.165, 1.54) is 0 Å². The van der Waals surface area contributed by atoms with Crippen molar-refractivity contribution >= 4 is 0 Å². The molecule has 112 valence electrons. The second kappa shape index (κ2) is 6.05. The standard InChI is InChI=1S/C13H15F5N2/c1-2-3-20(7-4-19-5-7)6-8-9(14)11(16)13(18)12(17)10(8)15/h7,19H,2-6H2,1H3. The Morgan fingerprint density at radius 1 is 0.950 bits per heavy atom. The largest absolute Gasteiger partial charge is 0.314 e. The second-order valence-electron chi connectivity index (χ2n) is 4.83. The molecular formula is C13H15F5N2. The molecule has 0 amide bonds. The van der Waals surface area contributed by atoms with Gasteiger partial charge in [0, 0.05) is 31.2 Å². The van der Waals surface area contributed by atoms with Crippen molar-refractivity contribution in [1.82, 2.24) is 10.2 Å². The zero-order valence-electron chi connectivity index (χ0n) is 10.9. The molecule has 1 saturated heterocycles. The Hall–Kier alpha value is -1.21. The first-order valence-corrected chi connectivity index (χ1v) is 6.42. The minimum atomic E-state index is -2.11. The lowest BCUT2D eigenvalue weighted by molar-refractivity contribution is 0.133. The van der Waals surface area contributed by atoms with E-state index in [2.05, 4.69) is 5.32 Å². The van der Waals surface area contributed by atoms with Crippen molar-refractivity contribution in [2.24, 2.45) is 0 Å². The molecule has 0 saturated carbocycles. The molecule has 20 heavy (non-hydrogen) atoms. The Morgan fingerprint density at radius 3 is 1.85 bits per heavy atom. The minimum absolute atomic E-state index is 0.0601. The highest BCUT2D eigenvalue weighted by Crippen LogP contribution is 2.25. The van der Waals surface area contributed by atoms with Gasteiger partial charge in [0.15, 0.2) is 23.3 Å². The molecule has 1 fully saturated rings. The van der Waals surface area contributed by atoms with Crippen molar-refractivity contribution < 1.29 is 22.0 Å².